The van der Waals surface area contributed by atoms with E-state index in [1.165, 1.54) is 19.1 Å². The minimum absolute atomic E-state index is 0.00819. The molecule has 0 aliphatic carbocycles. The minimum atomic E-state index is -0.424. The summed E-state index contributed by atoms with van der Waals surface area (Å²) in [6.45, 7) is 6.00. The maximum Gasteiger partial charge on any atom is 0.269 e. The highest BCUT2D eigenvalue weighted by atomic mass is 16.6. The van der Waals surface area contributed by atoms with E-state index in [1.54, 1.807) is 12.1 Å². The summed E-state index contributed by atoms with van der Waals surface area (Å²) < 4.78 is 0. The van der Waals surface area contributed by atoms with Gasteiger partial charge in [-0.05, 0) is 50.8 Å². The highest BCUT2D eigenvalue weighted by Gasteiger charge is 2.32. The van der Waals surface area contributed by atoms with E-state index in [9.17, 15) is 19.7 Å². The van der Waals surface area contributed by atoms with Gasteiger partial charge < -0.3 is 10.2 Å². The zero-order valence-electron chi connectivity index (χ0n) is 17.6. The highest BCUT2D eigenvalue weighted by Crippen LogP contribution is 2.25. The number of amides is 2. The van der Waals surface area contributed by atoms with Crippen molar-refractivity contribution >= 4 is 17.5 Å². The number of hydrogen-bond acceptors (Lipinski definition) is 4. The molecule has 1 aliphatic heterocycles. The number of benzene rings is 2. The Morgan fingerprint density at radius 2 is 1.77 bits per heavy atom. The molecule has 1 N–H and O–H groups in total. The molecule has 7 heteroatoms. The van der Waals surface area contributed by atoms with Crippen molar-refractivity contribution in [2.75, 3.05) is 6.54 Å². The van der Waals surface area contributed by atoms with Gasteiger partial charge in [-0.2, -0.15) is 0 Å². The average molecular weight is 409 g/mol. The van der Waals surface area contributed by atoms with Crippen molar-refractivity contribution in [3.05, 3.63) is 74.8 Å². The molecule has 1 heterocycles. The van der Waals surface area contributed by atoms with Crippen LogP contribution in [0.15, 0.2) is 42.5 Å². The fraction of sp³-hybridized carbons (Fsp3) is 0.391. The zero-order valence-corrected chi connectivity index (χ0v) is 17.6. The lowest BCUT2D eigenvalue weighted by molar-refractivity contribution is -0.384. The summed E-state index contributed by atoms with van der Waals surface area (Å²) in [5.41, 5.74) is 3.71. The van der Waals surface area contributed by atoms with Crippen LogP contribution in [0.4, 0.5) is 5.69 Å². The summed E-state index contributed by atoms with van der Waals surface area (Å²) in [6.07, 6.45) is 1.92. The van der Waals surface area contributed by atoms with Crippen LogP contribution in [-0.4, -0.2) is 40.3 Å². The van der Waals surface area contributed by atoms with E-state index < -0.39 is 4.92 Å². The van der Waals surface area contributed by atoms with E-state index in [4.69, 9.17) is 0 Å². The number of nitrogens with zero attached hydrogens (tertiary/aromatic N) is 2. The van der Waals surface area contributed by atoms with Gasteiger partial charge in [-0.1, -0.05) is 29.3 Å². The molecule has 2 unspecified atom stereocenters. The molecule has 158 valence electrons. The number of hydrogen-bond donors (Lipinski definition) is 1. The van der Waals surface area contributed by atoms with Crippen molar-refractivity contribution in [2.45, 2.75) is 52.1 Å². The molecule has 0 radical (unpaired) electrons. The van der Waals surface area contributed by atoms with E-state index in [0.29, 0.717) is 31.4 Å². The predicted octanol–water partition coefficient (Wildman–Crippen LogP) is 3.56. The standard InChI is InChI=1S/C23H27N3O4/c1-15-10-16(2)12-19(11-15)23(28)25-9-8-20(24-17(3)27)14-22(25)13-18-4-6-21(7-5-18)26(29)30/h4-7,10-12,20,22H,8-9,13-14H2,1-3H3,(H,24,27). The highest BCUT2D eigenvalue weighted by molar-refractivity contribution is 5.95. The van der Waals surface area contributed by atoms with Crippen LogP contribution < -0.4 is 5.32 Å². The second-order valence-corrected chi connectivity index (χ2v) is 8.08. The second-order valence-electron chi connectivity index (χ2n) is 8.08. The van der Waals surface area contributed by atoms with E-state index in [0.717, 1.165) is 16.7 Å². The van der Waals surface area contributed by atoms with Crippen molar-refractivity contribution in [3.63, 3.8) is 0 Å². The van der Waals surface area contributed by atoms with Crippen LogP contribution in [0.2, 0.25) is 0 Å². The van der Waals surface area contributed by atoms with E-state index >= 15 is 0 Å². The number of nitro groups is 1. The van der Waals surface area contributed by atoms with Gasteiger partial charge >= 0.3 is 0 Å². The van der Waals surface area contributed by atoms with Gasteiger partial charge in [-0.25, -0.2) is 0 Å². The van der Waals surface area contributed by atoms with Gasteiger partial charge in [-0.3, -0.25) is 19.7 Å². The number of non-ortho nitro benzene ring substituents is 1. The van der Waals surface area contributed by atoms with Crippen LogP contribution in [-0.2, 0) is 11.2 Å². The van der Waals surface area contributed by atoms with Gasteiger partial charge in [0.2, 0.25) is 5.91 Å². The molecule has 1 fully saturated rings. The third kappa shape index (κ3) is 5.23. The summed E-state index contributed by atoms with van der Waals surface area (Å²) in [7, 11) is 0. The first-order valence-corrected chi connectivity index (χ1v) is 10.1. The predicted molar refractivity (Wildman–Crippen MR) is 114 cm³/mol. The molecule has 2 amide bonds. The Balaban J connectivity index is 1.84. The third-order valence-corrected chi connectivity index (χ3v) is 5.47. The molecular weight excluding hydrogens is 382 g/mol. The quantitative estimate of drug-likeness (QED) is 0.604. The molecule has 0 spiro atoms. The Labute approximate surface area is 176 Å². The summed E-state index contributed by atoms with van der Waals surface area (Å²) in [4.78, 5) is 37.2. The van der Waals surface area contributed by atoms with Crippen LogP contribution >= 0.6 is 0 Å². The molecule has 1 saturated heterocycles. The van der Waals surface area contributed by atoms with Gasteiger partial charge in [0.1, 0.15) is 0 Å². The third-order valence-electron chi connectivity index (χ3n) is 5.47. The van der Waals surface area contributed by atoms with Crippen LogP contribution in [0.25, 0.3) is 0 Å². The lowest BCUT2D eigenvalue weighted by Gasteiger charge is -2.40. The largest absolute Gasteiger partial charge is 0.353 e. The Morgan fingerprint density at radius 3 is 2.33 bits per heavy atom. The molecule has 1 aliphatic rings. The molecule has 0 aromatic heterocycles. The smallest absolute Gasteiger partial charge is 0.269 e. The second kappa shape index (κ2) is 9.07. The lowest BCUT2D eigenvalue weighted by Crippen LogP contribution is -2.52. The fourth-order valence-electron chi connectivity index (χ4n) is 4.22. The normalized spacial score (nSPS) is 18.7. The number of aryl methyl sites for hydroxylation is 2. The first kappa shape index (κ1) is 21.5. The summed E-state index contributed by atoms with van der Waals surface area (Å²) in [5, 5.41) is 13.9. The summed E-state index contributed by atoms with van der Waals surface area (Å²) in [6, 6.07) is 12.2. The van der Waals surface area contributed by atoms with Crippen molar-refractivity contribution in [2.24, 2.45) is 0 Å². The Hall–Kier alpha value is -3.22. The SMILES string of the molecule is CC(=O)NC1CCN(C(=O)c2cc(C)cc(C)c2)C(Cc2ccc([N+](=O)[O-])cc2)C1. The maximum atomic E-state index is 13.3. The van der Waals surface area contributed by atoms with Crippen LogP contribution in [0.1, 0.15) is 46.8 Å². The molecular formula is C23H27N3O4. The first-order valence-electron chi connectivity index (χ1n) is 10.1. The van der Waals surface area contributed by atoms with Crippen molar-refractivity contribution in [1.29, 1.82) is 0 Å². The number of nitro benzene ring substituents is 1. The molecule has 3 rings (SSSR count). The topological polar surface area (TPSA) is 92.6 Å². The van der Waals surface area contributed by atoms with Crippen molar-refractivity contribution < 1.29 is 14.5 Å². The average Bonchev–Trinajstić information content (AvgIpc) is 2.67. The van der Waals surface area contributed by atoms with Gasteiger partial charge in [0.25, 0.3) is 11.6 Å². The van der Waals surface area contributed by atoms with E-state index in [1.807, 2.05) is 36.9 Å². The molecule has 7 nitrogen and oxygen atoms in total. The molecule has 2 aromatic carbocycles. The molecule has 0 saturated carbocycles. The van der Waals surface area contributed by atoms with Gasteiger partial charge in [0, 0.05) is 43.2 Å². The number of piperidine rings is 1. The molecule has 30 heavy (non-hydrogen) atoms. The van der Waals surface area contributed by atoms with Crippen LogP contribution in [0.5, 0.6) is 0 Å². The zero-order chi connectivity index (χ0) is 21.8. The van der Waals surface area contributed by atoms with Gasteiger partial charge in [0.05, 0.1) is 4.92 Å². The van der Waals surface area contributed by atoms with Crippen molar-refractivity contribution in [1.82, 2.24) is 10.2 Å². The number of nitrogens with one attached hydrogen (secondary N) is 1. The Bertz CT molecular complexity index is 935. The number of rotatable bonds is 5. The Morgan fingerprint density at radius 1 is 1.13 bits per heavy atom. The van der Waals surface area contributed by atoms with Crippen molar-refractivity contribution in [3.8, 4) is 0 Å². The molecule has 2 aromatic rings. The first-order chi connectivity index (χ1) is 14.2. The maximum absolute atomic E-state index is 13.3. The van der Waals surface area contributed by atoms with E-state index in [2.05, 4.69) is 5.32 Å². The number of carbonyl (C=O) groups is 2. The molecule has 0 bridgehead atoms. The summed E-state index contributed by atoms with van der Waals surface area (Å²) >= 11 is 0. The molecule has 2 atom stereocenters. The number of likely N-dealkylation sites (tertiary alicyclic amines) is 1. The Kier molecular flexibility index (Phi) is 6.50. The summed E-state index contributed by atoms with van der Waals surface area (Å²) in [5.74, 6) is -0.0989. The fourth-order valence-corrected chi connectivity index (χ4v) is 4.22. The van der Waals surface area contributed by atoms with Crippen LogP contribution in [0, 0.1) is 24.0 Å². The number of carbonyl (C=O) groups excluding carboxylic acids is 2. The monoisotopic (exact) mass is 409 g/mol. The van der Waals surface area contributed by atoms with Gasteiger partial charge in [-0.15, -0.1) is 0 Å². The van der Waals surface area contributed by atoms with Crippen LogP contribution in [0.3, 0.4) is 0 Å². The lowest BCUT2D eigenvalue weighted by atomic mass is 9.91. The minimum Gasteiger partial charge on any atom is -0.353 e. The van der Waals surface area contributed by atoms with Gasteiger partial charge in [0.15, 0.2) is 0 Å². The van der Waals surface area contributed by atoms with E-state index in [-0.39, 0.29) is 29.6 Å².